The number of rotatable bonds is 5. The molecule has 100 valence electrons. The Morgan fingerprint density at radius 2 is 2.11 bits per heavy atom. The molecule has 0 aliphatic heterocycles. The van der Waals surface area contributed by atoms with Gasteiger partial charge in [-0.25, -0.2) is 4.98 Å². The van der Waals surface area contributed by atoms with E-state index in [0.29, 0.717) is 10.9 Å². The van der Waals surface area contributed by atoms with Gasteiger partial charge >= 0.3 is 0 Å². The van der Waals surface area contributed by atoms with Crippen molar-refractivity contribution in [3.05, 3.63) is 23.4 Å². The summed E-state index contributed by atoms with van der Waals surface area (Å²) in [6.07, 6.45) is 1.78. The second kappa shape index (κ2) is 5.65. The molecule has 3 nitrogen and oxygen atoms in total. The van der Waals surface area contributed by atoms with E-state index in [4.69, 9.17) is 18.0 Å². The van der Waals surface area contributed by atoms with Gasteiger partial charge in [-0.15, -0.1) is 0 Å². The Hall–Kier alpha value is -1.16. The lowest BCUT2D eigenvalue weighted by Crippen LogP contribution is -2.29. The van der Waals surface area contributed by atoms with Crippen molar-refractivity contribution in [2.75, 3.05) is 11.9 Å². The normalized spacial score (nSPS) is 11.7. The number of thiocarbonyl (C=S) groups is 1. The SMILES string of the molecule is Cc1ccnc(NCC(C)(C)C(C)C)c1C(N)=S. The predicted octanol–water partition coefficient (Wildman–Crippen LogP) is 3.12. The summed E-state index contributed by atoms with van der Waals surface area (Å²) in [7, 11) is 0. The summed E-state index contributed by atoms with van der Waals surface area (Å²) in [6, 6.07) is 1.92. The molecule has 1 rings (SSSR count). The minimum absolute atomic E-state index is 0.193. The van der Waals surface area contributed by atoms with Gasteiger partial charge in [0.2, 0.25) is 0 Å². The quantitative estimate of drug-likeness (QED) is 0.803. The van der Waals surface area contributed by atoms with E-state index in [1.54, 1.807) is 6.20 Å². The third-order valence-corrected chi connectivity index (χ3v) is 3.88. The van der Waals surface area contributed by atoms with E-state index in [-0.39, 0.29) is 5.41 Å². The number of nitrogens with two attached hydrogens (primary N) is 1. The number of pyridine rings is 1. The molecule has 0 unspecified atom stereocenters. The average molecular weight is 265 g/mol. The highest BCUT2D eigenvalue weighted by Gasteiger charge is 2.22. The molecule has 0 saturated heterocycles. The highest BCUT2D eigenvalue weighted by molar-refractivity contribution is 7.80. The highest BCUT2D eigenvalue weighted by Crippen LogP contribution is 2.27. The van der Waals surface area contributed by atoms with Crippen molar-refractivity contribution in [1.82, 2.24) is 4.98 Å². The van der Waals surface area contributed by atoms with Crippen LogP contribution in [0.1, 0.15) is 38.8 Å². The molecule has 0 aromatic carbocycles. The molecule has 0 amide bonds. The Balaban J connectivity index is 2.92. The molecular weight excluding hydrogens is 242 g/mol. The van der Waals surface area contributed by atoms with E-state index in [0.717, 1.165) is 23.5 Å². The van der Waals surface area contributed by atoms with Gasteiger partial charge in [0.25, 0.3) is 0 Å². The van der Waals surface area contributed by atoms with Crippen LogP contribution >= 0.6 is 12.2 Å². The Kier molecular flexibility index (Phi) is 4.68. The summed E-state index contributed by atoms with van der Waals surface area (Å²) in [4.78, 5) is 4.74. The number of hydrogen-bond acceptors (Lipinski definition) is 3. The summed E-state index contributed by atoms with van der Waals surface area (Å²) in [5.74, 6) is 1.37. The van der Waals surface area contributed by atoms with Gasteiger partial charge in [0.15, 0.2) is 0 Å². The van der Waals surface area contributed by atoms with Crippen LogP contribution in [0.5, 0.6) is 0 Å². The van der Waals surface area contributed by atoms with Crippen molar-refractivity contribution in [3.63, 3.8) is 0 Å². The highest BCUT2D eigenvalue weighted by atomic mass is 32.1. The molecule has 0 atom stereocenters. The zero-order valence-electron chi connectivity index (χ0n) is 11.9. The largest absolute Gasteiger partial charge is 0.389 e. The monoisotopic (exact) mass is 265 g/mol. The van der Waals surface area contributed by atoms with E-state index in [9.17, 15) is 0 Å². The molecule has 0 aliphatic rings. The second-order valence-corrected chi connectivity index (χ2v) is 6.15. The van der Waals surface area contributed by atoms with Crippen molar-refractivity contribution in [1.29, 1.82) is 0 Å². The minimum Gasteiger partial charge on any atom is -0.389 e. The summed E-state index contributed by atoms with van der Waals surface area (Å²) in [5.41, 5.74) is 7.87. The van der Waals surface area contributed by atoms with Crippen LogP contribution in [0.4, 0.5) is 5.82 Å². The first-order valence-corrected chi connectivity index (χ1v) is 6.66. The zero-order valence-corrected chi connectivity index (χ0v) is 12.7. The smallest absolute Gasteiger partial charge is 0.136 e. The molecule has 1 aromatic rings. The standard InChI is InChI=1S/C14H23N3S/c1-9(2)14(4,5)8-17-13-11(12(15)18)10(3)6-7-16-13/h6-7,9H,8H2,1-5H3,(H2,15,18)(H,16,17). The van der Waals surface area contributed by atoms with Crippen LogP contribution in [0.2, 0.25) is 0 Å². The van der Waals surface area contributed by atoms with Crippen LogP contribution in [-0.4, -0.2) is 16.5 Å². The lowest BCUT2D eigenvalue weighted by Gasteiger charge is -2.30. The summed E-state index contributed by atoms with van der Waals surface area (Å²) in [6.45, 7) is 11.8. The van der Waals surface area contributed by atoms with Gasteiger partial charge in [0.05, 0.1) is 5.56 Å². The summed E-state index contributed by atoms with van der Waals surface area (Å²) < 4.78 is 0. The first-order valence-electron chi connectivity index (χ1n) is 6.25. The van der Waals surface area contributed by atoms with Crippen LogP contribution in [0, 0.1) is 18.3 Å². The Bertz CT molecular complexity index is 439. The molecule has 1 aromatic heterocycles. The first kappa shape index (κ1) is 14.9. The van der Waals surface area contributed by atoms with Gasteiger partial charge in [-0.3, -0.25) is 0 Å². The van der Waals surface area contributed by atoms with Crippen LogP contribution in [0.15, 0.2) is 12.3 Å². The van der Waals surface area contributed by atoms with Crippen molar-refractivity contribution in [3.8, 4) is 0 Å². The van der Waals surface area contributed by atoms with Crippen molar-refractivity contribution >= 4 is 23.0 Å². The fourth-order valence-corrected chi connectivity index (χ4v) is 1.78. The van der Waals surface area contributed by atoms with E-state index in [2.05, 4.69) is 38.0 Å². The Labute approximate surface area is 115 Å². The van der Waals surface area contributed by atoms with E-state index < -0.39 is 0 Å². The molecule has 3 N–H and O–H groups in total. The number of aromatic nitrogens is 1. The van der Waals surface area contributed by atoms with Gasteiger partial charge in [0, 0.05) is 12.7 Å². The van der Waals surface area contributed by atoms with Crippen LogP contribution in [-0.2, 0) is 0 Å². The lowest BCUT2D eigenvalue weighted by atomic mass is 9.81. The lowest BCUT2D eigenvalue weighted by molar-refractivity contribution is 0.269. The van der Waals surface area contributed by atoms with Gasteiger partial charge in [-0.1, -0.05) is 39.9 Å². The van der Waals surface area contributed by atoms with Crippen molar-refractivity contribution < 1.29 is 0 Å². The fourth-order valence-electron chi connectivity index (χ4n) is 1.52. The number of hydrogen-bond donors (Lipinski definition) is 2. The number of aryl methyl sites for hydroxylation is 1. The molecule has 0 bridgehead atoms. The van der Waals surface area contributed by atoms with E-state index in [1.807, 2.05) is 13.0 Å². The average Bonchev–Trinajstić information content (AvgIpc) is 2.25. The Morgan fingerprint density at radius 1 is 1.50 bits per heavy atom. The first-order chi connectivity index (χ1) is 8.25. The van der Waals surface area contributed by atoms with Gasteiger partial charge in [-0.2, -0.15) is 0 Å². The van der Waals surface area contributed by atoms with Gasteiger partial charge in [0.1, 0.15) is 10.8 Å². The topological polar surface area (TPSA) is 50.9 Å². The fraction of sp³-hybridized carbons (Fsp3) is 0.571. The molecule has 4 heteroatoms. The van der Waals surface area contributed by atoms with Crippen molar-refractivity contribution in [2.24, 2.45) is 17.1 Å². The molecule has 0 saturated carbocycles. The third kappa shape index (κ3) is 3.42. The third-order valence-electron chi connectivity index (χ3n) is 3.68. The van der Waals surface area contributed by atoms with Crippen LogP contribution in [0.25, 0.3) is 0 Å². The van der Waals surface area contributed by atoms with E-state index in [1.165, 1.54) is 0 Å². The number of anilines is 1. The van der Waals surface area contributed by atoms with Crippen LogP contribution in [0.3, 0.4) is 0 Å². The second-order valence-electron chi connectivity index (χ2n) is 5.71. The molecule has 0 radical (unpaired) electrons. The molecule has 0 fully saturated rings. The summed E-state index contributed by atoms with van der Waals surface area (Å²) >= 11 is 5.09. The van der Waals surface area contributed by atoms with Gasteiger partial charge < -0.3 is 11.1 Å². The van der Waals surface area contributed by atoms with Crippen LogP contribution < -0.4 is 11.1 Å². The predicted molar refractivity (Wildman–Crippen MR) is 82.0 cm³/mol. The number of nitrogens with one attached hydrogen (secondary N) is 1. The molecular formula is C14H23N3S. The Morgan fingerprint density at radius 3 is 2.61 bits per heavy atom. The van der Waals surface area contributed by atoms with E-state index >= 15 is 0 Å². The number of nitrogens with zero attached hydrogens (tertiary/aromatic N) is 1. The maximum atomic E-state index is 5.77. The summed E-state index contributed by atoms with van der Waals surface area (Å²) in [5, 5.41) is 3.38. The maximum Gasteiger partial charge on any atom is 0.136 e. The zero-order chi connectivity index (χ0) is 13.9. The minimum atomic E-state index is 0.193. The molecule has 1 heterocycles. The molecule has 0 spiro atoms. The molecule has 18 heavy (non-hydrogen) atoms. The molecule has 0 aliphatic carbocycles. The van der Waals surface area contributed by atoms with Crippen molar-refractivity contribution in [2.45, 2.75) is 34.6 Å². The maximum absolute atomic E-state index is 5.77. The van der Waals surface area contributed by atoms with Gasteiger partial charge in [-0.05, 0) is 29.9 Å².